The SMILES string of the molecule is CC(C)(C)OC(=O)N1CCC[C@@]1(C)c1ncc(Br)[nH]1. The van der Waals surface area contributed by atoms with Gasteiger partial charge in [-0.05, 0) is 56.5 Å². The van der Waals surface area contributed by atoms with Crippen LogP contribution in [0.4, 0.5) is 4.79 Å². The van der Waals surface area contributed by atoms with E-state index in [1.807, 2.05) is 27.7 Å². The molecule has 0 saturated carbocycles. The number of aromatic nitrogens is 2. The highest BCUT2D eigenvalue weighted by molar-refractivity contribution is 9.10. The van der Waals surface area contributed by atoms with Gasteiger partial charge in [0.1, 0.15) is 21.6 Å². The molecule has 5 nitrogen and oxygen atoms in total. The van der Waals surface area contributed by atoms with Crippen LogP contribution in [0, 0.1) is 0 Å². The van der Waals surface area contributed by atoms with Crippen molar-refractivity contribution in [2.24, 2.45) is 0 Å². The predicted molar refractivity (Wildman–Crippen MR) is 75.8 cm³/mol. The molecule has 1 saturated heterocycles. The van der Waals surface area contributed by atoms with E-state index >= 15 is 0 Å². The lowest BCUT2D eigenvalue weighted by atomic mass is 9.98. The van der Waals surface area contributed by atoms with Crippen molar-refractivity contribution in [3.05, 3.63) is 16.6 Å². The van der Waals surface area contributed by atoms with Crippen molar-refractivity contribution in [3.63, 3.8) is 0 Å². The van der Waals surface area contributed by atoms with Crippen LogP contribution in [0.25, 0.3) is 0 Å². The van der Waals surface area contributed by atoms with Gasteiger partial charge in [0.2, 0.25) is 0 Å². The minimum Gasteiger partial charge on any atom is -0.444 e. The first kappa shape index (κ1) is 14.4. The summed E-state index contributed by atoms with van der Waals surface area (Å²) in [6.45, 7) is 8.35. The lowest BCUT2D eigenvalue weighted by Crippen LogP contribution is -2.46. The van der Waals surface area contributed by atoms with Crippen molar-refractivity contribution in [3.8, 4) is 0 Å². The molecule has 1 aromatic rings. The highest BCUT2D eigenvalue weighted by Crippen LogP contribution is 2.38. The number of H-pyrrole nitrogens is 1. The molecule has 106 valence electrons. The Morgan fingerprint density at radius 2 is 2.26 bits per heavy atom. The van der Waals surface area contributed by atoms with Gasteiger partial charge >= 0.3 is 6.09 Å². The second-order valence-electron chi connectivity index (χ2n) is 6.09. The maximum absolute atomic E-state index is 12.3. The molecule has 6 heteroatoms. The Morgan fingerprint density at radius 1 is 1.58 bits per heavy atom. The van der Waals surface area contributed by atoms with E-state index in [-0.39, 0.29) is 6.09 Å². The van der Waals surface area contributed by atoms with Gasteiger partial charge in [-0.25, -0.2) is 9.78 Å². The van der Waals surface area contributed by atoms with Gasteiger partial charge in [-0.2, -0.15) is 0 Å². The fraction of sp³-hybridized carbons (Fsp3) is 0.692. The van der Waals surface area contributed by atoms with Crippen LogP contribution >= 0.6 is 15.9 Å². The van der Waals surface area contributed by atoms with Gasteiger partial charge in [0.15, 0.2) is 0 Å². The number of nitrogens with zero attached hydrogens (tertiary/aromatic N) is 2. The van der Waals surface area contributed by atoms with Crippen LogP contribution in [0.15, 0.2) is 10.8 Å². The van der Waals surface area contributed by atoms with Gasteiger partial charge in [0, 0.05) is 6.54 Å². The Labute approximate surface area is 121 Å². The van der Waals surface area contributed by atoms with E-state index in [2.05, 4.69) is 25.9 Å². The Kier molecular flexibility index (Phi) is 3.64. The Balaban J connectivity index is 2.23. The Bertz CT molecular complexity index is 480. The van der Waals surface area contributed by atoms with E-state index in [1.165, 1.54) is 0 Å². The molecule has 1 amide bonds. The lowest BCUT2D eigenvalue weighted by Gasteiger charge is -2.34. The van der Waals surface area contributed by atoms with Gasteiger partial charge in [0.25, 0.3) is 0 Å². The molecule has 1 atom stereocenters. The smallest absolute Gasteiger partial charge is 0.411 e. The maximum atomic E-state index is 12.3. The molecule has 1 aliphatic rings. The molecule has 1 fully saturated rings. The topological polar surface area (TPSA) is 58.2 Å². The number of amides is 1. The number of aromatic amines is 1. The lowest BCUT2D eigenvalue weighted by molar-refractivity contribution is 0.00865. The van der Waals surface area contributed by atoms with Crippen molar-refractivity contribution in [2.75, 3.05) is 6.54 Å². The van der Waals surface area contributed by atoms with Gasteiger partial charge in [-0.15, -0.1) is 0 Å². The molecule has 0 radical (unpaired) electrons. The number of likely N-dealkylation sites (tertiary alicyclic amines) is 1. The van der Waals surface area contributed by atoms with Gasteiger partial charge < -0.3 is 9.72 Å². The van der Waals surface area contributed by atoms with E-state index in [0.29, 0.717) is 6.54 Å². The van der Waals surface area contributed by atoms with Gasteiger partial charge in [-0.1, -0.05) is 0 Å². The number of ether oxygens (including phenoxy) is 1. The molecule has 2 heterocycles. The molecule has 0 spiro atoms. The van der Waals surface area contributed by atoms with Crippen molar-refractivity contribution < 1.29 is 9.53 Å². The van der Waals surface area contributed by atoms with Crippen LogP contribution in [0.1, 0.15) is 46.4 Å². The quantitative estimate of drug-likeness (QED) is 0.858. The molecule has 1 aliphatic heterocycles. The fourth-order valence-electron chi connectivity index (χ4n) is 2.39. The van der Waals surface area contributed by atoms with Crippen molar-refractivity contribution in [1.29, 1.82) is 0 Å². The van der Waals surface area contributed by atoms with Crippen LogP contribution in [-0.4, -0.2) is 33.1 Å². The summed E-state index contributed by atoms with van der Waals surface area (Å²) in [5.41, 5.74) is -0.904. The first-order chi connectivity index (χ1) is 8.72. The third-order valence-electron chi connectivity index (χ3n) is 3.31. The predicted octanol–water partition coefficient (Wildman–Crippen LogP) is 3.42. The summed E-state index contributed by atoms with van der Waals surface area (Å²) in [7, 11) is 0. The largest absolute Gasteiger partial charge is 0.444 e. The summed E-state index contributed by atoms with van der Waals surface area (Å²) in [6, 6.07) is 0. The standard InChI is InChI=1S/C13H20BrN3O2/c1-12(2,3)19-11(18)17-7-5-6-13(17,4)10-15-8-9(14)16-10/h8H,5-7H2,1-4H3,(H,15,16)/t13-/m0/s1. The van der Waals surface area contributed by atoms with Crippen molar-refractivity contribution in [1.82, 2.24) is 14.9 Å². The summed E-state index contributed by atoms with van der Waals surface area (Å²) in [4.78, 5) is 21.6. The summed E-state index contributed by atoms with van der Waals surface area (Å²) < 4.78 is 6.30. The zero-order valence-electron chi connectivity index (χ0n) is 11.8. The van der Waals surface area contributed by atoms with E-state index in [4.69, 9.17) is 4.74 Å². The molecule has 1 N–H and O–H groups in total. The summed E-state index contributed by atoms with van der Waals surface area (Å²) in [6.07, 6.45) is 3.27. The maximum Gasteiger partial charge on any atom is 0.411 e. The second kappa shape index (κ2) is 4.81. The molecule has 1 aromatic heterocycles. The van der Waals surface area contributed by atoms with Crippen LogP contribution in [-0.2, 0) is 10.3 Å². The zero-order valence-corrected chi connectivity index (χ0v) is 13.4. The molecule has 0 aliphatic carbocycles. The molecule has 2 rings (SSSR count). The average Bonchev–Trinajstić information content (AvgIpc) is 2.83. The van der Waals surface area contributed by atoms with Gasteiger partial charge in [-0.3, -0.25) is 4.90 Å². The van der Waals surface area contributed by atoms with Crippen LogP contribution < -0.4 is 0 Å². The normalized spacial score (nSPS) is 23.7. The van der Waals surface area contributed by atoms with Crippen molar-refractivity contribution >= 4 is 22.0 Å². The Hall–Kier alpha value is -1.04. The third-order valence-corrected chi connectivity index (χ3v) is 3.71. The van der Waals surface area contributed by atoms with E-state index in [0.717, 1.165) is 23.3 Å². The van der Waals surface area contributed by atoms with E-state index in [1.54, 1.807) is 11.1 Å². The molecular formula is C13H20BrN3O2. The minimum absolute atomic E-state index is 0.278. The molecule has 0 bridgehead atoms. The third kappa shape index (κ3) is 2.94. The monoisotopic (exact) mass is 329 g/mol. The highest BCUT2D eigenvalue weighted by atomic mass is 79.9. The number of nitrogens with one attached hydrogen (secondary N) is 1. The number of halogens is 1. The van der Waals surface area contributed by atoms with Gasteiger partial charge in [0.05, 0.1) is 6.20 Å². The number of rotatable bonds is 1. The molecule has 19 heavy (non-hydrogen) atoms. The number of carbonyl (C=O) groups excluding carboxylic acids is 1. The second-order valence-corrected chi connectivity index (χ2v) is 6.94. The number of imidazole rings is 1. The van der Waals surface area contributed by atoms with Crippen LogP contribution in [0.3, 0.4) is 0 Å². The van der Waals surface area contributed by atoms with Crippen LogP contribution in [0.2, 0.25) is 0 Å². The Morgan fingerprint density at radius 3 is 2.79 bits per heavy atom. The number of hydrogen-bond donors (Lipinski definition) is 1. The fourth-order valence-corrected chi connectivity index (χ4v) is 2.68. The summed E-state index contributed by atoms with van der Waals surface area (Å²) in [5.74, 6) is 0.794. The number of carbonyl (C=O) groups is 1. The highest BCUT2D eigenvalue weighted by Gasteiger charge is 2.44. The zero-order chi connectivity index (χ0) is 14.3. The average molecular weight is 330 g/mol. The number of hydrogen-bond acceptors (Lipinski definition) is 3. The molecule has 0 unspecified atom stereocenters. The summed E-state index contributed by atoms with van der Waals surface area (Å²) in [5, 5.41) is 0. The molecule has 0 aromatic carbocycles. The first-order valence-electron chi connectivity index (χ1n) is 6.44. The van der Waals surface area contributed by atoms with E-state index in [9.17, 15) is 4.79 Å². The van der Waals surface area contributed by atoms with E-state index < -0.39 is 11.1 Å². The minimum atomic E-state index is -0.482. The van der Waals surface area contributed by atoms with Crippen molar-refractivity contribution in [2.45, 2.75) is 51.7 Å². The molecular weight excluding hydrogens is 310 g/mol. The van der Waals surface area contributed by atoms with Crippen LogP contribution in [0.5, 0.6) is 0 Å². The first-order valence-corrected chi connectivity index (χ1v) is 7.23. The summed E-state index contributed by atoms with van der Waals surface area (Å²) >= 11 is 3.36.